The van der Waals surface area contributed by atoms with Crippen molar-refractivity contribution >= 4 is 11.4 Å². The lowest BCUT2D eigenvalue weighted by atomic mass is 10.1. The van der Waals surface area contributed by atoms with Gasteiger partial charge in [0.25, 0.3) is 0 Å². The lowest BCUT2D eigenvalue weighted by Gasteiger charge is -2.12. The molecular formula is C15H17NO. The molecule has 2 aromatic rings. The molecule has 2 nitrogen and oxygen atoms in total. The first-order valence-electron chi connectivity index (χ1n) is 5.82. The summed E-state index contributed by atoms with van der Waals surface area (Å²) in [5.41, 5.74) is 3.49. The molecule has 0 atom stereocenters. The van der Waals surface area contributed by atoms with Crippen LogP contribution in [0.4, 0.5) is 11.4 Å². The predicted octanol–water partition coefficient (Wildman–Crippen LogP) is 4.00. The van der Waals surface area contributed by atoms with Gasteiger partial charge in [-0.05, 0) is 30.2 Å². The Labute approximate surface area is 102 Å². The highest BCUT2D eigenvalue weighted by molar-refractivity contribution is 5.64. The Bertz CT molecular complexity index is 480. The van der Waals surface area contributed by atoms with Gasteiger partial charge in [-0.15, -0.1) is 0 Å². The number of para-hydroxylation sites is 1. The fraction of sp³-hybridized carbons (Fsp3) is 0.200. The lowest BCUT2D eigenvalue weighted by molar-refractivity contribution is 0.415. The third-order valence-electron chi connectivity index (χ3n) is 2.75. The molecule has 0 aliphatic heterocycles. The van der Waals surface area contributed by atoms with Crippen LogP contribution in [0.1, 0.15) is 12.5 Å². The van der Waals surface area contributed by atoms with Crippen LogP contribution in [0.15, 0.2) is 48.5 Å². The largest absolute Gasteiger partial charge is 0.497 e. The highest BCUT2D eigenvalue weighted by Gasteiger charge is 2.03. The van der Waals surface area contributed by atoms with Crippen molar-refractivity contribution < 1.29 is 4.74 Å². The van der Waals surface area contributed by atoms with Crippen molar-refractivity contribution in [3.05, 3.63) is 54.1 Å². The summed E-state index contributed by atoms with van der Waals surface area (Å²) in [5.74, 6) is 0.876. The Hall–Kier alpha value is -1.96. The Morgan fingerprint density at radius 2 is 1.82 bits per heavy atom. The number of nitrogens with one attached hydrogen (secondary N) is 1. The summed E-state index contributed by atoms with van der Waals surface area (Å²) >= 11 is 0. The molecule has 2 heteroatoms. The van der Waals surface area contributed by atoms with Crippen molar-refractivity contribution in [3.8, 4) is 5.75 Å². The number of benzene rings is 2. The normalized spacial score (nSPS) is 10.0. The summed E-state index contributed by atoms with van der Waals surface area (Å²) in [6.45, 7) is 2.15. The lowest BCUT2D eigenvalue weighted by Crippen LogP contribution is -1.96. The van der Waals surface area contributed by atoms with Gasteiger partial charge in [0.2, 0.25) is 0 Å². The van der Waals surface area contributed by atoms with Crippen molar-refractivity contribution in [1.82, 2.24) is 0 Å². The summed E-state index contributed by atoms with van der Waals surface area (Å²) in [4.78, 5) is 0. The Balaban J connectivity index is 2.30. The minimum absolute atomic E-state index is 0.876. The van der Waals surface area contributed by atoms with E-state index in [0.29, 0.717) is 0 Å². The number of hydrogen-bond donors (Lipinski definition) is 1. The van der Waals surface area contributed by atoms with Gasteiger partial charge in [-0.2, -0.15) is 0 Å². The van der Waals surface area contributed by atoms with Crippen LogP contribution < -0.4 is 10.1 Å². The van der Waals surface area contributed by atoms with Gasteiger partial charge in [0.05, 0.1) is 7.11 Å². The smallest absolute Gasteiger partial charge is 0.120 e. The maximum Gasteiger partial charge on any atom is 0.120 e. The van der Waals surface area contributed by atoms with Crippen LogP contribution >= 0.6 is 0 Å². The van der Waals surface area contributed by atoms with Crippen molar-refractivity contribution in [1.29, 1.82) is 0 Å². The highest BCUT2D eigenvalue weighted by Crippen LogP contribution is 2.26. The first kappa shape index (κ1) is 11.5. The van der Waals surface area contributed by atoms with Crippen LogP contribution in [0.2, 0.25) is 0 Å². The van der Waals surface area contributed by atoms with Crippen molar-refractivity contribution in [2.75, 3.05) is 12.4 Å². The van der Waals surface area contributed by atoms with E-state index in [1.165, 1.54) is 5.56 Å². The average molecular weight is 227 g/mol. The van der Waals surface area contributed by atoms with E-state index < -0.39 is 0 Å². The van der Waals surface area contributed by atoms with E-state index in [4.69, 9.17) is 4.74 Å². The summed E-state index contributed by atoms with van der Waals surface area (Å²) in [6.07, 6.45) is 0.999. The van der Waals surface area contributed by atoms with Crippen LogP contribution in [0.25, 0.3) is 0 Å². The van der Waals surface area contributed by atoms with Crippen LogP contribution in [-0.2, 0) is 6.42 Å². The van der Waals surface area contributed by atoms with E-state index in [0.717, 1.165) is 23.5 Å². The fourth-order valence-corrected chi connectivity index (χ4v) is 1.78. The van der Waals surface area contributed by atoms with E-state index in [2.05, 4.69) is 30.4 Å². The molecule has 0 spiro atoms. The molecule has 17 heavy (non-hydrogen) atoms. The van der Waals surface area contributed by atoms with Gasteiger partial charge in [-0.1, -0.05) is 31.2 Å². The molecule has 0 fully saturated rings. The van der Waals surface area contributed by atoms with Crippen LogP contribution in [-0.4, -0.2) is 7.11 Å². The van der Waals surface area contributed by atoms with Gasteiger partial charge in [0, 0.05) is 17.4 Å². The molecule has 1 N–H and O–H groups in total. The molecule has 0 unspecified atom stereocenters. The summed E-state index contributed by atoms with van der Waals surface area (Å²) in [5, 5.41) is 3.42. The molecular weight excluding hydrogens is 210 g/mol. The van der Waals surface area contributed by atoms with E-state index >= 15 is 0 Å². The Kier molecular flexibility index (Phi) is 3.66. The number of rotatable bonds is 4. The molecule has 0 radical (unpaired) electrons. The van der Waals surface area contributed by atoms with Gasteiger partial charge >= 0.3 is 0 Å². The van der Waals surface area contributed by atoms with Gasteiger partial charge in [-0.3, -0.25) is 0 Å². The first-order chi connectivity index (χ1) is 8.33. The molecule has 0 aliphatic carbocycles. The third kappa shape index (κ3) is 2.78. The van der Waals surface area contributed by atoms with Crippen molar-refractivity contribution in [2.45, 2.75) is 13.3 Å². The number of hydrogen-bond acceptors (Lipinski definition) is 2. The molecule has 0 heterocycles. The van der Waals surface area contributed by atoms with Crippen LogP contribution in [0.3, 0.4) is 0 Å². The SMILES string of the molecule is CCc1ccc(OC)cc1Nc1ccccc1. The fourth-order valence-electron chi connectivity index (χ4n) is 1.78. The standard InChI is InChI=1S/C15H17NO/c1-3-12-9-10-14(17-2)11-15(12)16-13-7-5-4-6-8-13/h4-11,16H,3H2,1-2H3. The second kappa shape index (κ2) is 5.39. The number of aryl methyl sites for hydroxylation is 1. The number of methoxy groups -OCH3 is 1. The summed E-state index contributed by atoms with van der Waals surface area (Å²) in [6, 6.07) is 16.3. The van der Waals surface area contributed by atoms with Crippen molar-refractivity contribution in [3.63, 3.8) is 0 Å². The predicted molar refractivity (Wildman–Crippen MR) is 72.1 cm³/mol. The molecule has 0 bridgehead atoms. The summed E-state index contributed by atoms with van der Waals surface area (Å²) in [7, 11) is 1.69. The van der Waals surface area contributed by atoms with Gasteiger partial charge < -0.3 is 10.1 Å². The van der Waals surface area contributed by atoms with Gasteiger partial charge in [0.15, 0.2) is 0 Å². The van der Waals surface area contributed by atoms with Gasteiger partial charge in [0.1, 0.15) is 5.75 Å². The molecule has 2 aromatic carbocycles. The second-order valence-corrected chi connectivity index (χ2v) is 3.87. The van der Waals surface area contributed by atoms with E-state index in [-0.39, 0.29) is 0 Å². The summed E-state index contributed by atoms with van der Waals surface area (Å²) < 4.78 is 5.25. The zero-order valence-electron chi connectivity index (χ0n) is 10.2. The van der Waals surface area contributed by atoms with E-state index in [1.54, 1.807) is 7.11 Å². The van der Waals surface area contributed by atoms with Crippen molar-refractivity contribution in [2.24, 2.45) is 0 Å². The van der Waals surface area contributed by atoms with Crippen LogP contribution in [0.5, 0.6) is 5.75 Å². The third-order valence-corrected chi connectivity index (χ3v) is 2.75. The monoisotopic (exact) mass is 227 g/mol. The molecule has 2 rings (SSSR count). The molecule has 88 valence electrons. The van der Waals surface area contributed by atoms with E-state index in [9.17, 15) is 0 Å². The molecule has 0 saturated carbocycles. The molecule has 0 amide bonds. The molecule has 0 saturated heterocycles. The Morgan fingerprint density at radius 1 is 1.06 bits per heavy atom. The quantitative estimate of drug-likeness (QED) is 0.852. The molecule has 0 aliphatic rings. The average Bonchev–Trinajstić information content (AvgIpc) is 2.40. The number of ether oxygens (including phenoxy) is 1. The van der Waals surface area contributed by atoms with E-state index in [1.807, 2.05) is 30.3 Å². The first-order valence-corrected chi connectivity index (χ1v) is 5.82. The maximum absolute atomic E-state index is 5.25. The number of anilines is 2. The zero-order valence-corrected chi connectivity index (χ0v) is 10.2. The molecule has 0 aromatic heterocycles. The minimum Gasteiger partial charge on any atom is -0.497 e. The van der Waals surface area contributed by atoms with Gasteiger partial charge in [-0.25, -0.2) is 0 Å². The second-order valence-electron chi connectivity index (χ2n) is 3.87. The minimum atomic E-state index is 0.876. The maximum atomic E-state index is 5.25. The Morgan fingerprint density at radius 3 is 2.47 bits per heavy atom. The highest BCUT2D eigenvalue weighted by atomic mass is 16.5. The van der Waals surface area contributed by atoms with Crippen LogP contribution in [0, 0.1) is 0 Å². The zero-order chi connectivity index (χ0) is 12.1. The topological polar surface area (TPSA) is 21.3 Å².